The lowest BCUT2D eigenvalue weighted by Crippen LogP contribution is -2.36. The summed E-state index contributed by atoms with van der Waals surface area (Å²) < 4.78 is 17.0. The lowest BCUT2D eigenvalue weighted by Gasteiger charge is -2.25. The van der Waals surface area contributed by atoms with Crippen molar-refractivity contribution < 1.29 is 19.0 Å². The molecule has 2 heterocycles. The molecule has 0 bridgehead atoms. The summed E-state index contributed by atoms with van der Waals surface area (Å²) in [6, 6.07) is 11.0. The van der Waals surface area contributed by atoms with Gasteiger partial charge in [-0.3, -0.25) is 0 Å². The van der Waals surface area contributed by atoms with E-state index in [0.717, 1.165) is 52.9 Å². The summed E-state index contributed by atoms with van der Waals surface area (Å²) in [5, 5.41) is 6.73. The van der Waals surface area contributed by atoms with Crippen molar-refractivity contribution >= 4 is 38.4 Å². The van der Waals surface area contributed by atoms with Crippen LogP contribution in [0.25, 0.3) is 10.2 Å². The van der Waals surface area contributed by atoms with Gasteiger partial charge in [0.05, 0.1) is 37.6 Å². The van der Waals surface area contributed by atoms with Crippen LogP contribution in [0, 0.1) is 0 Å². The molecule has 0 unspecified atom stereocenters. The van der Waals surface area contributed by atoms with Crippen LogP contribution < -0.4 is 25.0 Å². The number of hydrogen-bond acceptors (Lipinski definition) is 7. The summed E-state index contributed by atoms with van der Waals surface area (Å²) >= 11 is 1.62. The smallest absolute Gasteiger partial charge is 0.319 e. The highest BCUT2D eigenvalue weighted by Crippen LogP contribution is 2.31. The van der Waals surface area contributed by atoms with Crippen molar-refractivity contribution in [3.63, 3.8) is 0 Å². The number of amides is 2. The number of methoxy groups -OCH3 is 2. The van der Waals surface area contributed by atoms with E-state index in [4.69, 9.17) is 19.2 Å². The number of rotatable bonds is 6. The number of anilines is 2. The molecule has 30 heavy (non-hydrogen) atoms. The number of thiazole rings is 1. The Bertz CT molecular complexity index is 1030. The number of morpholine rings is 1. The second kappa shape index (κ2) is 9.19. The molecule has 0 saturated carbocycles. The third-order valence-electron chi connectivity index (χ3n) is 4.82. The average Bonchev–Trinajstić information content (AvgIpc) is 3.21. The van der Waals surface area contributed by atoms with Crippen molar-refractivity contribution in [3.05, 3.63) is 42.0 Å². The standard InChI is InChI=1S/C21H24N4O4S/c1-27-17-6-3-14(11-18(17)28-2)13-22-20(26)23-15-4-5-16-19(12-15)30-21(24-16)25-7-9-29-10-8-25/h3-6,11-12H,7-10,13H2,1-2H3,(H2,22,23,26). The fraction of sp³-hybridized carbons (Fsp3) is 0.333. The molecule has 2 amide bonds. The highest BCUT2D eigenvalue weighted by molar-refractivity contribution is 7.22. The average molecular weight is 429 g/mol. The molecule has 158 valence electrons. The Morgan fingerprint density at radius 1 is 1.13 bits per heavy atom. The van der Waals surface area contributed by atoms with Crippen LogP contribution in [0.4, 0.5) is 15.6 Å². The van der Waals surface area contributed by atoms with Crippen LogP contribution in [0.1, 0.15) is 5.56 Å². The number of ether oxygens (including phenoxy) is 3. The van der Waals surface area contributed by atoms with Gasteiger partial charge in [0.15, 0.2) is 16.6 Å². The van der Waals surface area contributed by atoms with E-state index in [2.05, 4.69) is 15.5 Å². The van der Waals surface area contributed by atoms with Crippen molar-refractivity contribution in [2.24, 2.45) is 0 Å². The van der Waals surface area contributed by atoms with Crippen LogP contribution >= 0.6 is 11.3 Å². The van der Waals surface area contributed by atoms with E-state index in [1.54, 1.807) is 25.6 Å². The number of nitrogens with zero attached hydrogens (tertiary/aromatic N) is 2. The topological polar surface area (TPSA) is 85.0 Å². The van der Waals surface area contributed by atoms with Gasteiger partial charge in [-0.2, -0.15) is 0 Å². The molecule has 1 aromatic heterocycles. The Morgan fingerprint density at radius 2 is 1.93 bits per heavy atom. The summed E-state index contributed by atoms with van der Waals surface area (Å²) in [4.78, 5) is 19.3. The van der Waals surface area contributed by atoms with E-state index in [1.807, 2.05) is 36.4 Å². The molecule has 2 aromatic carbocycles. The van der Waals surface area contributed by atoms with Gasteiger partial charge in [0.1, 0.15) is 0 Å². The molecule has 1 saturated heterocycles. The zero-order valence-corrected chi connectivity index (χ0v) is 17.8. The summed E-state index contributed by atoms with van der Waals surface area (Å²) in [5.74, 6) is 1.28. The number of urea groups is 1. The maximum atomic E-state index is 12.3. The van der Waals surface area contributed by atoms with Crippen LogP contribution in [0.5, 0.6) is 11.5 Å². The molecule has 0 aliphatic carbocycles. The van der Waals surface area contributed by atoms with E-state index < -0.39 is 0 Å². The van der Waals surface area contributed by atoms with E-state index in [9.17, 15) is 4.79 Å². The number of carbonyl (C=O) groups excluding carboxylic acids is 1. The molecule has 1 aliphatic rings. The molecular weight excluding hydrogens is 404 g/mol. The summed E-state index contributed by atoms with van der Waals surface area (Å²) in [6.45, 7) is 3.52. The number of benzene rings is 2. The Balaban J connectivity index is 1.38. The molecule has 0 spiro atoms. The van der Waals surface area contributed by atoms with Gasteiger partial charge in [-0.15, -0.1) is 0 Å². The highest BCUT2D eigenvalue weighted by atomic mass is 32.1. The second-order valence-electron chi connectivity index (χ2n) is 6.78. The first-order valence-electron chi connectivity index (χ1n) is 9.65. The number of nitrogens with one attached hydrogen (secondary N) is 2. The van der Waals surface area contributed by atoms with Gasteiger partial charge >= 0.3 is 6.03 Å². The van der Waals surface area contributed by atoms with Crippen LogP contribution in [0.15, 0.2) is 36.4 Å². The van der Waals surface area contributed by atoms with Gasteiger partial charge < -0.3 is 29.7 Å². The largest absolute Gasteiger partial charge is 0.493 e. The fourth-order valence-corrected chi connectivity index (χ4v) is 4.28. The Labute approximate surface area is 178 Å². The quantitative estimate of drug-likeness (QED) is 0.625. The molecule has 3 aromatic rings. The van der Waals surface area contributed by atoms with E-state index in [-0.39, 0.29) is 6.03 Å². The third kappa shape index (κ3) is 4.58. The van der Waals surface area contributed by atoms with Crippen molar-refractivity contribution in [2.45, 2.75) is 6.54 Å². The van der Waals surface area contributed by atoms with Gasteiger partial charge in [-0.05, 0) is 35.9 Å². The lowest BCUT2D eigenvalue weighted by atomic mass is 10.2. The van der Waals surface area contributed by atoms with Crippen LogP contribution in [0.3, 0.4) is 0 Å². The minimum Gasteiger partial charge on any atom is -0.493 e. The minimum atomic E-state index is -0.276. The molecule has 1 fully saturated rings. The second-order valence-corrected chi connectivity index (χ2v) is 7.78. The number of hydrogen-bond donors (Lipinski definition) is 2. The van der Waals surface area contributed by atoms with E-state index in [0.29, 0.717) is 18.0 Å². The highest BCUT2D eigenvalue weighted by Gasteiger charge is 2.16. The van der Waals surface area contributed by atoms with Crippen LogP contribution in [-0.2, 0) is 11.3 Å². The summed E-state index contributed by atoms with van der Waals surface area (Å²) in [5.41, 5.74) is 2.57. The van der Waals surface area contributed by atoms with Crippen molar-refractivity contribution in [2.75, 3.05) is 50.7 Å². The summed E-state index contributed by atoms with van der Waals surface area (Å²) in [7, 11) is 3.18. The summed E-state index contributed by atoms with van der Waals surface area (Å²) in [6.07, 6.45) is 0. The van der Waals surface area contributed by atoms with Gasteiger partial charge in [-0.25, -0.2) is 9.78 Å². The lowest BCUT2D eigenvalue weighted by molar-refractivity contribution is 0.122. The maximum Gasteiger partial charge on any atom is 0.319 e. The number of fused-ring (bicyclic) bond motifs is 1. The van der Waals surface area contributed by atoms with E-state index >= 15 is 0 Å². The molecule has 0 atom stereocenters. The maximum absolute atomic E-state index is 12.3. The molecule has 4 rings (SSSR count). The van der Waals surface area contributed by atoms with Gasteiger partial charge in [0, 0.05) is 25.3 Å². The van der Waals surface area contributed by atoms with Gasteiger partial charge in [0.25, 0.3) is 0 Å². The zero-order valence-electron chi connectivity index (χ0n) is 16.9. The van der Waals surface area contributed by atoms with Gasteiger partial charge in [-0.1, -0.05) is 17.4 Å². The Kier molecular flexibility index (Phi) is 6.20. The molecule has 0 radical (unpaired) electrons. The van der Waals surface area contributed by atoms with Crippen molar-refractivity contribution in [1.82, 2.24) is 10.3 Å². The predicted octanol–water partition coefficient (Wildman–Crippen LogP) is 3.47. The first kappa shape index (κ1) is 20.2. The van der Waals surface area contributed by atoms with Crippen LogP contribution in [-0.4, -0.2) is 51.5 Å². The normalized spacial score (nSPS) is 13.9. The number of carbonyl (C=O) groups is 1. The molecular formula is C21H24N4O4S. The van der Waals surface area contributed by atoms with Crippen LogP contribution in [0.2, 0.25) is 0 Å². The van der Waals surface area contributed by atoms with E-state index in [1.165, 1.54) is 0 Å². The molecule has 2 N–H and O–H groups in total. The third-order valence-corrected chi connectivity index (χ3v) is 5.90. The number of aromatic nitrogens is 1. The van der Waals surface area contributed by atoms with Crippen molar-refractivity contribution in [1.29, 1.82) is 0 Å². The first-order chi connectivity index (χ1) is 14.7. The Morgan fingerprint density at radius 3 is 2.70 bits per heavy atom. The first-order valence-corrected chi connectivity index (χ1v) is 10.5. The SMILES string of the molecule is COc1ccc(CNC(=O)Nc2ccc3nc(N4CCOCC4)sc3c2)cc1OC. The fourth-order valence-electron chi connectivity index (χ4n) is 3.23. The molecule has 8 nitrogen and oxygen atoms in total. The molecule has 1 aliphatic heterocycles. The monoisotopic (exact) mass is 428 g/mol. The predicted molar refractivity (Wildman–Crippen MR) is 118 cm³/mol. The van der Waals surface area contributed by atoms with Gasteiger partial charge in [0.2, 0.25) is 0 Å². The zero-order chi connectivity index (χ0) is 20.9. The molecule has 9 heteroatoms. The minimum absolute atomic E-state index is 0.276. The Hall–Kier alpha value is -3.04. The van der Waals surface area contributed by atoms with Crippen molar-refractivity contribution in [3.8, 4) is 11.5 Å².